The highest BCUT2D eigenvalue weighted by molar-refractivity contribution is 5.39. The molecule has 2 unspecified atom stereocenters. The number of hydrogen-bond acceptors (Lipinski definition) is 3. The van der Waals surface area contributed by atoms with Crippen molar-refractivity contribution in [3.63, 3.8) is 0 Å². The van der Waals surface area contributed by atoms with Crippen LogP contribution in [0, 0.1) is 5.92 Å². The Kier molecular flexibility index (Phi) is 2.06. The van der Waals surface area contributed by atoms with Crippen LogP contribution in [0.1, 0.15) is 12.8 Å². The van der Waals surface area contributed by atoms with Gasteiger partial charge in [0.1, 0.15) is 18.1 Å². The quantitative estimate of drug-likeness (QED) is 0.632. The van der Waals surface area contributed by atoms with Gasteiger partial charge in [-0.1, -0.05) is 6.08 Å². The molecule has 3 heteroatoms. The molecule has 1 aliphatic heterocycles. The number of allylic oxidation sites excluding steroid dienone is 4. The fourth-order valence-corrected chi connectivity index (χ4v) is 2.57. The molecule has 1 fully saturated rings. The molecule has 0 aromatic carbocycles. The van der Waals surface area contributed by atoms with Gasteiger partial charge in [0.05, 0.1) is 6.04 Å². The molecule has 0 spiro atoms. The van der Waals surface area contributed by atoms with Crippen molar-refractivity contribution >= 4 is 0 Å². The van der Waals surface area contributed by atoms with E-state index in [-0.39, 0.29) is 0 Å². The Bertz CT molecular complexity index is 368. The number of morpholine rings is 1. The summed E-state index contributed by atoms with van der Waals surface area (Å²) in [5, 5.41) is 13.2. The molecular weight excluding hydrogens is 190 g/mol. The third kappa shape index (κ3) is 1.47. The van der Waals surface area contributed by atoms with Gasteiger partial charge in [-0.3, -0.25) is 0 Å². The molecule has 3 rings (SSSR count). The normalized spacial score (nSPS) is 34.0. The van der Waals surface area contributed by atoms with E-state index in [4.69, 9.17) is 4.74 Å². The van der Waals surface area contributed by atoms with E-state index in [0.29, 0.717) is 17.7 Å². The summed E-state index contributed by atoms with van der Waals surface area (Å²) in [5.41, 5.74) is 1.05. The third-order valence-corrected chi connectivity index (χ3v) is 3.35. The van der Waals surface area contributed by atoms with E-state index < -0.39 is 0 Å². The number of ether oxygens (including phenoxy) is 1. The summed E-state index contributed by atoms with van der Waals surface area (Å²) >= 11 is 0. The number of aliphatic hydroxyl groups is 1. The molecule has 0 aromatic rings. The minimum absolute atomic E-state index is 0.354. The first kappa shape index (κ1) is 9.04. The first-order valence-corrected chi connectivity index (χ1v) is 5.52. The second-order valence-corrected chi connectivity index (χ2v) is 4.31. The summed E-state index contributed by atoms with van der Waals surface area (Å²) < 4.78 is 5.61. The van der Waals surface area contributed by atoms with Crippen molar-refractivity contribution in [3.05, 3.63) is 35.3 Å². The van der Waals surface area contributed by atoms with Crippen LogP contribution in [0.3, 0.4) is 0 Å². The van der Waals surface area contributed by atoms with Gasteiger partial charge in [0.2, 0.25) is 0 Å². The third-order valence-electron chi connectivity index (χ3n) is 3.35. The molecule has 0 bridgehead atoms. The van der Waals surface area contributed by atoms with E-state index in [0.717, 1.165) is 37.3 Å². The Labute approximate surface area is 89.1 Å². The molecular formula is C12H15NO2. The number of rotatable bonds is 0. The van der Waals surface area contributed by atoms with Gasteiger partial charge in [-0.05, 0) is 30.9 Å². The largest absolute Gasteiger partial charge is 0.508 e. The topological polar surface area (TPSA) is 41.5 Å². The predicted octanol–water partition coefficient (Wildman–Crippen LogP) is 1.65. The number of aliphatic hydroxyl groups excluding tert-OH is 1. The number of fused-ring (bicyclic) bond motifs is 2. The highest BCUT2D eigenvalue weighted by Crippen LogP contribution is 2.36. The van der Waals surface area contributed by atoms with Gasteiger partial charge in [-0.15, -0.1) is 0 Å². The molecule has 0 saturated carbocycles. The lowest BCUT2D eigenvalue weighted by atomic mass is 9.80. The van der Waals surface area contributed by atoms with Crippen LogP contribution >= 0.6 is 0 Å². The summed E-state index contributed by atoms with van der Waals surface area (Å²) in [6, 6.07) is 0.354. The van der Waals surface area contributed by atoms with Gasteiger partial charge in [0.25, 0.3) is 0 Å². The summed E-state index contributed by atoms with van der Waals surface area (Å²) in [6.45, 7) is 1.66. The van der Waals surface area contributed by atoms with Gasteiger partial charge < -0.3 is 15.2 Å². The van der Waals surface area contributed by atoms with Crippen LogP contribution < -0.4 is 5.32 Å². The molecule has 3 nitrogen and oxygen atoms in total. The number of hydrogen-bond donors (Lipinski definition) is 2. The lowest BCUT2D eigenvalue weighted by Crippen LogP contribution is -2.43. The minimum Gasteiger partial charge on any atom is -0.508 e. The lowest BCUT2D eigenvalue weighted by molar-refractivity contribution is 0.134. The number of nitrogens with one attached hydrogen (secondary N) is 1. The van der Waals surface area contributed by atoms with E-state index in [1.54, 1.807) is 6.08 Å². The van der Waals surface area contributed by atoms with Gasteiger partial charge in [-0.2, -0.15) is 0 Å². The van der Waals surface area contributed by atoms with Crippen LogP contribution in [0.5, 0.6) is 0 Å². The van der Waals surface area contributed by atoms with Crippen LogP contribution in [0.25, 0.3) is 0 Å². The molecule has 0 aromatic heterocycles. The molecule has 2 aliphatic carbocycles. The second-order valence-electron chi connectivity index (χ2n) is 4.31. The molecule has 0 amide bonds. The smallest absolute Gasteiger partial charge is 0.118 e. The molecule has 1 saturated heterocycles. The standard InChI is InChI=1S/C12H15NO2/c14-11-3-1-2-8-6-10-12(7-9(8)11)15-5-4-13-10/h1,3,7-8,10,13-14H,2,4-6H2. The van der Waals surface area contributed by atoms with Crippen molar-refractivity contribution in [2.75, 3.05) is 13.2 Å². The van der Waals surface area contributed by atoms with Crippen molar-refractivity contribution in [3.8, 4) is 0 Å². The maximum atomic E-state index is 9.77. The predicted molar refractivity (Wildman–Crippen MR) is 57.3 cm³/mol. The maximum absolute atomic E-state index is 9.77. The van der Waals surface area contributed by atoms with Crippen LogP contribution in [0.4, 0.5) is 0 Å². The summed E-state index contributed by atoms with van der Waals surface area (Å²) in [7, 11) is 0. The van der Waals surface area contributed by atoms with E-state index in [1.807, 2.05) is 12.2 Å². The van der Waals surface area contributed by atoms with E-state index in [1.165, 1.54) is 0 Å². The second kappa shape index (κ2) is 3.42. The van der Waals surface area contributed by atoms with Gasteiger partial charge in [0, 0.05) is 12.1 Å². The van der Waals surface area contributed by atoms with Crippen molar-refractivity contribution in [1.82, 2.24) is 5.32 Å². The Morgan fingerprint density at radius 1 is 1.47 bits per heavy atom. The first-order valence-electron chi connectivity index (χ1n) is 5.52. The fourth-order valence-electron chi connectivity index (χ4n) is 2.57. The average Bonchev–Trinajstić information content (AvgIpc) is 2.27. The Balaban J connectivity index is 1.98. The van der Waals surface area contributed by atoms with Crippen molar-refractivity contribution < 1.29 is 9.84 Å². The SMILES string of the molecule is OC1=C2C=C3OCCNC3CC2CC=C1. The highest BCUT2D eigenvalue weighted by Gasteiger charge is 2.32. The highest BCUT2D eigenvalue weighted by atomic mass is 16.5. The Hall–Kier alpha value is -1.22. The van der Waals surface area contributed by atoms with Gasteiger partial charge >= 0.3 is 0 Å². The molecule has 1 heterocycles. The molecule has 0 radical (unpaired) electrons. The molecule has 80 valence electrons. The van der Waals surface area contributed by atoms with E-state index in [2.05, 4.69) is 5.32 Å². The average molecular weight is 205 g/mol. The van der Waals surface area contributed by atoms with Crippen molar-refractivity contribution in [2.24, 2.45) is 5.92 Å². The first-order chi connectivity index (χ1) is 7.34. The fraction of sp³-hybridized carbons (Fsp3) is 0.500. The molecule has 15 heavy (non-hydrogen) atoms. The van der Waals surface area contributed by atoms with Crippen LogP contribution in [0.2, 0.25) is 0 Å². The van der Waals surface area contributed by atoms with Crippen LogP contribution in [-0.4, -0.2) is 24.3 Å². The minimum atomic E-state index is 0.354. The van der Waals surface area contributed by atoms with Crippen molar-refractivity contribution in [2.45, 2.75) is 18.9 Å². The molecule has 2 atom stereocenters. The Morgan fingerprint density at radius 3 is 3.33 bits per heavy atom. The van der Waals surface area contributed by atoms with Gasteiger partial charge in [0.15, 0.2) is 0 Å². The lowest BCUT2D eigenvalue weighted by Gasteiger charge is -2.35. The van der Waals surface area contributed by atoms with E-state index >= 15 is 0 Å². The zero-order valence-electron chi connectivity index (χ0n) is 8.57. The molecule has 2 N–H and O–H groups in total. The van der Waals surface area contributed by atoms with Crippen LogP contribution in [0.15, 0.2) is 35.3 Å². The van der Waals surface area contributed by atoms with Crippen LogP contribution in [-0.2, 0) is 4.74 Å². The Morgan fingerprint density at radius 2 is 2.40 bits per heavy atom. The van der Waals surface area contributed by atoms with E-state index in [9.17, 15) is 5.11 Å². The van der Waals surface area contributed by atoms with Crippen molar-refractivity contribution in [1.29, 1.82) is 0 Å². The summed E-state index contributed by atoms with van der Waals surface area (Å²) in [5.74, 6) is 1.86. The van der Waals surface area contributed by atoms with Gasteiger partial charge in [-0.25, -0.2) is 0 Å². The summed E-state index contributed by atoms with van der Waals surface area (Å²) in [4.78, 5) is 0. The molecule has 3 aliphatic rings. The maximum Gasteiger partial charge on any atom is 0.118 e. The zero-order chi connectivity index (χ0) is 10.3. The monoisotopic (exact) mass is 205 g/mol. The zero-order valence-corrected chi connectivity index (χ0v) is 8.57. The summed E-state index contributed by atoms with van der Waals surface area (Å²) in [6.07, 6.45) is 7.92.